The number of esters is 2. The molecule has 0 spiro atoms. The number of benzene rings is 2. The van der Waals surface area contributed by atoms with Crippen molar-refractivity contribution in [3.8, 4) is 17.6 Å². The van der Waals surface area contributed by atoms with Gasteiger partial charge in [-0.25, -0.2) is 0 Å². The standard InChI is InChI=1S/C23H21BrO5/c1-4-6-19(20-21(25)28-23(2,3)29-22(20)26)16-9-11-18(12-10-16)27-14-15-7-5-8-17(24)13-15/h5,7-13,19-20H,14H2,1-3H3/t19-/m0/s1. The SMILES string of the molecule is CC#C[C@@H](c1ccc(OCc2cccc(Br)c2)cc1)C1C(=O)OC(C)(C)OC1=O. The minimum absolute atomic E-state index is 0.424. The van der Waals surface area contributed by atoms with Crippen LogP contribution in [0, 0.1) is 17.8 Å². The van der Waals surface area contributed by atoms with Gasteiger partial charge in [-0.15, -0.1) is 5.92 Å². The summed E-state index contributed by atoms with van der Waals surface area (Å²) in [7, 11) is 0. The van der Waals surface area contributed by atoms with Crippen LogP contribution in [-0.2, 0) is 25.7 Å². The third-order valence-corrected chi connectivity index (χ3v) is 4.86. The highest BCUT2D eigenvalue weighted by Crippen LogP contribution is 2.34. The lowest BCUT2D eigenvalue weighted by Gasteiger charge is -2.34. The van der Waals surface area contributed by atoms with Crippen molar-refractivity contribution in [1.82, 2.24) is 0 Å². The van der Waals surface area contributed by atoms with Crippen LogP contribution in [0.25, 0.3) is 0 Å². The van der Waals surface area contributed by atoms with Gasteiger partial charge in [0, 0.05) is 18.3 Å². The zero-order valence-electron chi connectivity index (χ0n) is 16.4. The zero-order valence-corrected chi connectivity index (χ0v) is 18.0. The molecule has 150 valence electrons. The third-order valence-electron chi connectivity index (χ3n) is 4.37. The van der Waals surface area contributed by atoms with Gasteiger partial charge >= 0.3 is 11.9 Å². The number of carbonyl (C=O) groups excluding carboxylic acids is 2. The first-order chi connectivity index (χ1) is 13.8. The van der Waals surface area contributed by atoms with E-state index >= 15 is 0 Å². The summed E-state index contributed by atoms with van der Waals surface area (Å²) >= 11 is 3.44. The predicted octanol–water partition coefficient (Wildman–Crippen LogP) is 4.59. The molecule has 0 aromatic heterocycles. The number of ether oxygens (including phenoxy) is 3. The lowest BCUT2D eigenvalue weighted by molar-refractivity contribution is -0.240. The van der Waals surface area contributed by atoms with Crippen LogP contribution in [0.3, 0.4) is 0 Å². The molecule has 1 heterocycles. The molecule has 0 aliphatic carbocycles. The van der Waals surface area contributed by atoms with Crippen molar-refractivity contribution in [1.29, 1.82) is 0 Å². The summed E-state index contributed by atoms with van der Waals surface area (Å²) < 4.78 is 17.3. The van der Waals surface area contributed by atoms with Crippen molar-refractivity contribution >= 4 is 27.9 Å². The summed E-state index contributed by atoms with van der Waals surface area (Å²) in [4.78, 5) is 24.9. The summed E-state index contributed by atoms with van der Waals surface area (Å²) in [5, 5.41) is 0. The first-order valence-corrected chi connectivity index (χ1v) is 9.93. The molecule has 1 atom stereocenters. The first kappa shape index (κ1) is 20.9. The lowest BCUT2D eigenvalue weighted by Crippen LogP contribution is -2.48. The highest BCUT2D eigenvalue weighted by Gasteiger charge is 2.47. The fourth-order valence-corrected chi connectivity index (χ4v) is 3.53. The summed E-state index contributed by atoms with van der Waals surface area (Å²) in [6.45, 7) is 5.13. The molecule has 2 aromatic rings. The molecule has 0 amide bonds. The third kappa shape index (κ3) is 5.18. The molecule has 0 radical (unpaired) electrons. The van der Waals surface area contributed by atoms with Gasteiger partial charge in [0.1, 0.15) is 12.4 Å². The Labute approximate surface area is 178 Å². The van der Waals surface area contributed by atoms with Crippen molar-refractivity contribution in [3.63, 3.8) is 0 Å². The Bertz CT molecular complexity index is 949. The van der Waals surface area contributed by atoms with E-state index in [2.05, 4.69) is 27.8 Å². The Kier molecular flexibility index (Phi) is 6.29. The first-order valence-electron chi connectivity index (χ1n) is 9.14. The Hall–Kier alpha value is -2.78. The van der Waals surface area contributed by atoms with Crippen molar-refractivity contribution in [2.24, 2.45) is 5.92 Å². The van der Waals surface area contributed by atoms with E-state index in [0.717, 1.165) is 10.0 Å². The molecule has 2 aromatic carbocycles. The molecule has 3 rings (SSSR count). The summed E-state index contributed by atoms with van der Waals surface area (Å²) in [5.41, 5.74) is 1.75. The van der Waals surface area contributed by atoms with Crippen molar-refractivity contribution in [3.05, 3.63) is 64.1 Å². The molecular formula is C23H21BrO5. The maximum Gasteiger partial charge on any atom is 0.325 e. The van der Waals surface area contributed by atoms with Gasteiger partial charge < -0.3 is 14.2 Å². The number of cyclic esters (lactones) is 2. The van der Waals surface area contributed by atoms with E-state index in [1.165, 1.54) is 13.8 Å². The number of rotatable bonds is 5. The van der Waals surface area contributed by atoms with E-state index in [-0.39, 0.29) is 0 Å². The van der Waals surface area contributed by atoms with Gasteiger partial charge in [0.25, 0.3) is 5.79 Å². The van der Waals surface area contributed by atoms with Crippen LogP contribution in [0.4, 0.5) is 0 Å². The molecule has 1 fully saturated rings. The van der Waals surface area contributed by atoms with Crippen LogP contribution < -0.4 is 4.74 Å². The van der Waals surface area contributed by atoms with Crippen LogP contribution >= 0.6 is 15.9 Å². The van der Waals surface area contributed by atoms with Gasteiger partial charge in [0.15, 0.2) is 5.92 Å². The van der Waals surface area contributed by atoms with Gasteiger partial charge in [-0.3, -0.25) is 9.59 Å². The zero-order chi connectivity index (χ0) is 21.0. The molecular weight excluding hydrogens is 436 g/mol. The highest BCUT2D eigenvalue weighted by molar-refractivity contribution is 9.10. The molecule has 0 N–H and O–H groups in total. The molecule has 0 unspecified atom stereocenters. The molecule has 1 saturated heterocycles. The van der Waals surface area contributed by atoms with Crippen molar-refractivity contribution in [2.45, 2.75) is 39.1 Å². The quantitative estimate of drug-likeness (QED) is 0.374. The molecule has 5 nitrogen and oxygen atoms in total. The average molecular weight is 457 g/mol. The van der Waals surface area contributed by atoms with Gasteiger partial charge in [0.05, 0.1) is 5.92 Å². The van der Waals surface area contributed by atoms with E-state index in [4.69, 9.17) is 14.2 Å². The van der Waals surface area contributed by atoms with E-state index in [1.54, 1.807) is 31.2 Å². The van der Waals surface area contributed by atoms with Crippen LogP contribution in [-0.4, -0.2) is 17.7 Å². The second-order valence-corrected chi connectivity index (χ2v) is 8.00. The number of hydrogen-bond acceptors (Lipinski definition) is 5. The Morgan fingerprint density at radius 2 is 1.76 bits per heavy atom. The minimum Gasteiger partial charge on any atom is -0.489 e. The minimum atomic E-state index is -1.26. The largest absolute Gasteiger partial charge is 0.489 e. The van der Waals surface area contributed by atoms with E-state index in [0.29, 0.717) is 17.9 Å². The van der Waals surface area contributed by atoms with Gasteiger partial charge in [0.2, 0.25) is 0 Å². The van der Waals surface area contributed by atoms with Crippen molar-refractivity contribution in [2.75, 3.05) is 0 Å². The second kappa shape index (κ2) is 8.71. The average Bonchev–Trinajstić information content (AvgIpc) is 2.65. The molecule has 29 heavy (non-hydrogen) atoms. The molecule has 0 bridgehead atoms. The van der Waals surface area contributed by atoms with E-state index in [9.17, 15) is 9.59 Å². The fraction of sp³-hybridized carbons (Fsp3) is 0.304. The Morgan fingerprint density at radius 1 is 1.10 bits per heavy atom. The molecule has 6 heteroatoms. The fourth-order valence-electron chi connectivity index (χ4n) is 3.08. The summed E-state index contributed by atoms with van der Waals surface area (Å²) in [5.74, 6) is 2.10. The maximum atomic E-state index is 12.4. The predicted molar refractivity (Wildman–Crippen MR) is 111 cm³/mol. The monoisotopic (exact) mass is 456 g/mol. The van der Waals surface area contributed by atoms with Crippen LogP contribution in [0.2, 0.25) is 0 Å². The molecule has 1 aliphatic heterocycles. The van der Waals surface area contributed by atoms with Gasteiger partial charge in [-0.2, -0.15) is 0 Å². The summed E-state index contributed by atoms with van der Waals surface area (Å²) in [6.07, 6.45) is 0. The van der Waals surface area contributed by atoms with E-state index < -0.39 is 29.6 Å². The Balaban J connectivity index is 1.75. The lowest BCUT2D eigenvalue weighted by atomic mass is 9.85. The number of halogens is 1. The second-order valence-electron chi connectivity index (χ2n) is 7.08. The van der Waals surface area contributed by atoms with Crippen LogP contribution in [0.15, 0.2) is 53.0 Å². The highest BCUT2D eigenvalue weighted by atomic mass is 79.9. The topological polar surface area (TPSA) is 61.8 Å². The van der Waals surface area contributed by atoms with Crippen LogP contribution in [0.5, 0.6) is 5.75 Å². The van der Waals surface area contributed by atoms with Crippen LogP contribution in [0.1, 0.15) is 37.8 Å². The number of hydrogen-bond donors (Lipinski definition) is 0. The Morgan fingerprint density at radius 3 is 2.34 bits per heavy atom. The van der Waals surface area contributed by atoms with E-state index in [1.807, 2.05) is 24.3 Å². The van der Waals surface area contributed by atoms with Gasteiger partial charge in [-0.1, -0.05) is 46.1 Å². The molecule has 0 saturated carbocycles. The normalized spacial score (nSPS) is 16.8. The smallest absolute Gasteiger partial charge is 0.325 e. The van der Waals surface area contributed by atoms with Gasteiger partial charge in [-0.05, 0) is 42.3 Å². The maximum absolute atomic E-state index is 12.4. The van der Waals surface area contributed by atoms with Crippen molar-refractivity contribution < 1.29 is 23.8 Å². The summed E-state index contributed by atoms with van der Waals surface area (Å²) in [6, 6.07) is 15.1. The number of carbonyl (C=O) groups is 2. The molecule has 1 aliphatic rings.